The lowest BCUT2D eigenvalue weighted by Crippen LogP contribution is -2.05. The lowest BCUT2D eigenvalue weighted by molar-refractivity contribution is 0.620. The summed E-state index contributed by atoms with van der Waals surface area (Å²) in [6, 6.07) is 0. The highest BCUT2D eigenvalue weighted by Crippen LogP contribution is 2.13. The molecule has 2 aromatic rings. The van der Waals surface area contributed by atoms with Gasteiger partial charge in [0.1, 0.15) is 0 Å². The molecule has 0 saturated carbocycles. The third kappa shape index (κ3) is 3.71. The fraction of sp³-hybridized carbons (Fsp3) is 0.364. The fourth-order valence-electron chi connectivity index (χ4n) is 1.48. The molecular formula is C11H14ClN5. The van der Waals surface area contributed by atoms with Gasteiger partial charge in [0.05, 0.1) is 6.33 Å². The molecule has 0 aromatic carbocycles. The number of nitrogens with one attached hydrogen (secondary N) is 1. The van der Waals surface area contributed by atoms with Crippen LogP contribution in [0.2, 0.25) is 5.15 Å². The summed E-state index contributed by atoms with van der Waals surface area (Å²) in [5, 5.41) is 3.58. The molecule has 0 amide bonds. The molecule has 6 heteroatoms. The van der Waals surface area contributed by atoms with Gasteiger partial charge in [-0.05, 0) is 12.8 Å². The first kappa shape index (κ1) is 11.9. The van der Waals surface area contributed by atoms with Gasteiger partial charge < -0.3 is 9.88 Å². The number of hydrogen-bond donors (Lipinski definition) is 1. The minimum Gasteiger partial charge on any atom is -0.368 e. The quantitative estimate of drug-likeness (QED) is 0.800. The first-order valence-electron chi connectivity index (χ1n) is 5.52. The second-order valence-electron chi connectivity index (χ2n) is 3.63. The molecule has 2 rings (SSSR count). The Morgan fingerprint density at radius 3 is 2.82 bits per heavy atom. The summed E-state index contributed by atoms with van der Waals surface area (Å²) < 4.78 is 2.06. The monoisotopic (exact) mass is 251 g/mol. The topological polar surface area (TPSA) is 55.6 Å². The second-order valence-corrected chi connectivity index (χ2v) is 3.99. The van der Waals surface area contributed by atoms with Gasteiger partial charge in [-0.2, -0.15) is 0 Å². The summed E-state index contributed by atoms with van der Waals surface area (Å²) in [6.07, 6.45) is 10.9. The van der Waals surface area contributed by atoms with Crippen LogP contribution in [0.25, 0.3) is 0 Å². The number of unbranched alkanes of at least 4 members (excludes halogenated alkanes) is 1. The molecule has 0 saturated heterocycles. The van der Waals surface area contributed by atoms with Gasteiger partial charge in [-0.3, -0.25) is 0 Å². The number of nitrogens with zero attached hydrogens (tertiary/aromatic N) is 4. The van der Waals surface area contributed by atoms with Crippen molar-refractivity contribution >= 4 is 17.4 Å². The van der Waals surface area contributed by atoms with Crippen LogP contribution in [0.1, 0.15) is 12.8 Å². The minimum atomic E-state index is 0.419. The minimum absolute atomic E-state index is 0.419. The van der Waals surface area contributed by atoms with E-state index >= 15 is 0 Å². The number of imidazole rings is 1. The van der Waals surface area contributed by atoms with Crippen LogP contribution in [0.5, 0.6) is 0 Å². The Morgan fingerprint density at radius 1 is 1.18 bits per heavy atom. The van der Waals surface area contributed by atoms with E-state index in [1.165, 1.54) is 0 Å². The Labute approximate surface area is 105 Å². The molecule has 0 aliphatic rings. The highest BCUT2D eigenvalue weighted by atomic mass is 35.5. The van der Waals surface area contributed by atoms with E-state index in [2.05, 4.69) is 24.8 Å². The Bertz CT molecular complexity index is 443. The van der Waals surface area contributed by atoms with E-state index in [0.717, 1.165) is 25.9 Å². The largest absolute Gasteiger partial charge is 0.368 e. The van der Waals surface area contributed by atoms with Crippen molar-refractivity contribution in [3.8, 4) is 0 Å². The highest BCUT2D eigenvalue weighted by Gasteiger charge is 1.99. The summed E-state index contributed by atoms with van der Waals surface area (Å²) in [5.41, 5.74) is 0. The molecule has 17 heavy (non-hydrogen) atoms. The highest BCUT2D eigenvalue weighted by molar-refractivity contribution is 6.31. The molecule has 0 spiro atoms. The zero-order chi connectivity index (χ0) is 11.9. The van der Waals surface area contributed by atoms with Gasteiger partial charge in [0.25, 0.3) is 0 Å². The molecule has 5 nitrogen and oxygen atoms in total. The zero-order valence-electron chi connectivity index (χ0n) is 9.38. The molecular weight excluding hydrogens is 238 g/mol. The van der Waals surface area contributed by atoms with Crippen LogP contribution in [0.3, 0.4) is 0 Å². The third-order valence-electron chi connectivity index (χ3n) is 2.35. The van der Waals surface area contributed by atoms with E-state index in [0.29, 0.717) is 11.0 Å². The molecule has 2 aromatic heterocycles. The van der Waals surface area contributed by atoms with Gasteiger partial charge in [-0.25, -0.2) is 15.0 Å². The molecule has 90 valence electrons. The number of anilines is 1. The van der Waals surface area contributed by atoms with Crippen LogP contribution in [-0.2, 0) is 6.54 Å². The normalized spacial score (nSPS) is 10.4. The van der Waals surface area contributed by atoms with Gasteiger partial charge in [0, 0.05) is 37.9 Å². The Morgan fingerprint density at radius 2 is 2.06 bits per heavy atom. The average molecular weight is 252 g/mol. The van der Waals surface area contributed by atoms with Crippen molar-refractivity contribution in [2.45, 2.75) is 19.4 Å². The standard InChI is InChI=1S/C11H14ClN5/c12-10-11(16-5-4-14-10)15-3-1-2-7-17-8-6-13-9-17/h4-6,8-9H,1-3,7H2,(H,15,16). The van der Waals surface area contributed by atoms with Crippen LogP contribution < -0.4 is 5.32 Å². The van der Waals surface area contributed by atoms with Crippen molar-refractivity contribution in [3.05, 3.63) is 36.3 Å². The Kier molecular flexibility index (Phi) is 4.32. The predicted molar refractivity (Wildman–Crippen MR) is 67.0 cm³/mol. The van der Waals surface area contributed by atoms with Crippen LogP contribution in [0.15, 0.2) is 31.1 Å². The van der Waals surface area contributed by atoms with Gasteiger partial charge in [0.2, 0.25) is 0 Å². The van der Waals surface area contributed by atoms with Crippen molar-refractivity contribution in [3.63, 3.8) is 0 Å². The van der Waals surface area contributed by atoms with E-state index in [1.807, 2.05) is 12.5 Å². The maximum atomic E-state index is 5.87. The molecule has 1 N–H and O–H groups in total. The van der Waals surface area contributed by atoms with Crippen molar-refractivity contribution in [1.82, 2.24) is 19.5 Å². The first-order chi connectivity index (χ1) is 8.36. The smallest absolute Gasteiger partial charge is 0.171 e. The van der Waals surface area contributed by atoms with Crippen LogP contribution >= 0.6 is 11.6 Å². The lowest BCUT2D eigenvalue weighted by atomic mass is 10.3. The van der Waals surface area contributed by atoms with Crippen molar-refractivity contribution in [2.75, 3.05) is 11.9 Å². The predicted octanol–water partition coefficient (Wildman–Crippen LogP) is 2.22. The molecule has 0 aliphatic carbocycles. The van der Waals surface area contributed by atoms with E-state index in [1.54, 1.807) is 18.6 Å². The van der Waals surface area contributed by atoms with Gasteiger partial charge in [-0.15, -0.1) is 0 Å². The summed E-state index contributed by atoms with van der Waals surface area (Å²) in [6.45, 7) is 1.82. The maximum absolute atomic E-state index is 5.87. The van der Waals surface area contributed by atoms with Gasteiger partial charge in [0.15, 0.2) is 11.0 Å². The molecule has 0 atom stereocenters. The Balaban J connectivity index is 1.65. The summed E-state index contributed by atoms with van der Waals surface area (Å²) in [5.74, 6) is 0.650. The van der Waals surface area contributed by atoms with Gasteiger partial charge in [-0.1, -0.05) is 11.6 Å². The number of halogens is 1. The third-order valence-corrected chi connectivity index (χ3v) is 2.62. The SMILES string of the molecule is Clc1nccnc1NCCCCn1ccnc1. The molecule has 0 fully saturated rings. The van der Waals surface area contributed by atoms with E-state index in [9.17, 15) is 0 Å². The van der Waals surface area contributed by atoms with Crippen LogP contribution in [0.4, 0.5) is 5.82 Å². The number of hydrogen-bond acceptors (Lipinski definition) is 4. The molecule has 0 bridgehead atoms. The zero-order valence-corrected chi connectivity index (χ0v) is 10.1. The summed E-state index contributed by atoms with van der Waals surface area (Å²) >= 11 is 5.87. The summed E-state index contributed by atoms with van der Waals surface area (Å²) in [7, 11) is 0. The number of aryl methyl sites for hydroxylation is 1. The van der Waals surface area contributed by atoms with Crippen molar-refractivity contribution in [1.29, 1.82) is 0 Å². The van der Waals surface area contributed by atoms with E-state index < -0.39 is 0 Å². The molecule has 0 unspecified atom stereocenters. The number of aromatic nitrogens is 4. The molecule has 2 heterocycles. The first-order valence-corrected chi connectivity index (χ1v) is 5.90. The van der Waals surface area contributed by atoms with Crippen molar-refractivity contribution in [2.24, 2.45) is 0 Å². The van der Waals surface area contributed by atoms with Crippen LogP contribution in [-0.4, -0.2) is 26.1 Å². The van der Waals surface area contributed by atoms with Crippen LogP contribution in [0, 0.1) is 0 Å². The van der Waals surface area contributed by atoms with E-state index in [4.69, 9.17) is 11.6 Å². The Hall–Kier alpha value is -1.62. The lowest BCUT2D eigenvalue weighted by Gasteiger charge is -2.06. The van der Waals surface area contributed by atoms with Crippen molar-refractivity contribution < 1.29 is 0 Å². The maximum Gasteiger partial charge on any atom is 0.171 e. The average Bonchev–Trinajstić information content (AvgIpc) is 2.84. The van der Waals surface area contributed by atoms with E-state index in [-0.39, 0.29) is 0 Å². The molecule has 0 aliphatic heterocycles. The second kappa shape index (κ2) is 6.20. The molecule has 0 radical (unpaired) electrons. The number of rotatable bonds is 6. The summed E-state index contributed by atoms with van der Waals surface area (Å²) in [4.78, 5) is 12.0. The van der Waals surface area contributed by atoms with Gasteiger partial charge >= 0.3 is 0 Å². The fourth-order valence-corrected chi connectivity index (χ4v) is 1.66.